The summed E-state index contributed by atoms with van der Waals surface area (Å²) < 4.78 is 0. The van der Waals surface area contributed by atoms with Crippen molar-refractivity contribution in [2.24, 2.45) is 11.7 Å². The smallest absolute Gasteiger partial charge is 0.240 e. The van der Waals surface area contributed by atoms with Crippen molar-refractivity contribution in [3.8, 4) is 0 Å². The molecule has 0 saturated carbocycles. The fourth-order valence-electron chi connectivity index (χ4n) is 4.26. The van der Waals surface area contributed by atoms with Crippen molar-refractivity contribution in [2.45, 2.75) is 123 Å². The van der Waals surface area contributed by atoms with Crippen molar-refractivity contribution in [3.63, 3.8) is 0 Å². The van der Waals surface area contributed by atoms with Crippen LogP contribution in [0, 0.1) is 5.92 Å². The molecule has 158 valence electrons. The third-order valence-corrected chi connectivity index (χ3v) is 5.99. The Morgan fingerprint density at radius 3 is 2.00 bits per heavy atom. The molecule has 0 radical (unpaired) electrons. The van der Waals surface area contributed by atoms with E-state index < -0.39 is 0 Å². The Bertz CT molecular complexity index is 411. The monoisotopic (exact) mass is 380 g/mol. The summed E-state index contributed by atoms with van der Waals surface area (Å²) in [7, 11) is 0. The highest BCUT2D eigenvalue weighted by Crippen LogP contribution is 2.26. The van der Waals surface area contributed by atoms with Gasteiger partial charge in [0.05, 0.1) is 0 Å². The van der Waals surface area contributed by atoms with Gasteiger partial charge < -0.3 is 10.6 Å². The number of nitrogens with two attached hydrogens (primary N) is 1. The number of hydrogen-bond acceptors (Lipinski definition) is 2. The van der Waals surface area contributed by atoms with Crippen LogP contribution in [0.25, 0.3) is 0 Å². The molecule has 1 fully saturated rings. The second-order valence-electron chi connectivity index (χ2n) is 8.50. The quantitative estimate of drug-likeness (QED) is 0.335. The number of amides is 2. The predicted molar refractivity (Wildman–Crippen MR) is 113 cm³/mol. The lowest BCUT2D eigenvalue weighted by Gasteiger charge is -2.25. The third-order valence-electron chi connectivity index (χ3n) is 5.99. The topological polar surface area (TPSA) is 63.4 Å². The van der Waals surface area contributed by atoms with Crippen LogP contribution in [0.4, 0.5) is 0 Å². The molecule has 2 atom stereocenters. The second kappa shape index (κ2) is 14.9. The third kappa shape index (κ3) is 10.2. The molecule has 27 heavy (non-hydrogen) atoms. The molecule has 0 spiro atoms. The van der Waals surface area contributed by atoms with Gasteiger partial charge in [-0.15, -0.1) is 0 Å². The van der Waals surface area contributed by atoms with Gasteiger partial charge in [-0.05, 0) is 18.8 Å². The Hall–Kier alpha value is -1.06. The Kier molecular flexibility index (Phi) is 13.3. The first-order valence-electron chi connectivity index (χ1n) is 11.7. The van der Waals surface area contributed by atoms with Gasteiger partial charge in [-0.3, -0.25) is 9.59 Å². The minimum absolute atomic E-state index is 0.132. The van der Waals surface area contributed by atoms with E-state index in [9.17, 15) is 9.59 Å². The summed E-state index contributed by atoms with van der Waals surface area (Å²) in [4.78, 5) is 26.1. The van der Waals surface area contributed by atoms with E-state index in [1.807, 2.05) is 0 Å². The molecular weight excluding hydrogens is 336 g/mol. The van der Waals surface area contributed by atoms with Gasteiger partial charge >= 0.3 is 0 Å². The summed E-state index contributed by atoms with van der Waals surface area (Å²) in [6, 6.07) is -0.386. The fraction of sp³-hybridized carbons (Fsp3) is 0.913. The van der Waals surface area contributed by atoms with E-state index in [1.54, 1.807) is 4.90 Å². The SMILES string of the molecule is CCCCCCCCCCCCC(C(N)=O)N1CC(CCCCC)CC1=O. The number of carbonyl (C=O) groups excluding carboxylic acids is 2. The van der Waals surface area contributed by atoms with Crippen molar-refractivity contribution < 1.29 is 9.59 Å². The highest BCUT2D eigenvalue weighted by molar-refractivity contribution is 5.87. The van der Waals surface area contributed by atoms with Gasteiger partial charge in [0.2, 0.25) is 11.8 Å². The summed E-state index contributed by atoms with van der Waals surface area (Å²) in [5, 5.41) is 0. The molecule has 0 aromatic heterocycles. The number of rotatable bonds is 17. The van der Waals surface area contributed by atoms with Crippen LogP contribution in [0.3, 0.4) is 0 Å². The summed E-state index contributed by atoms with van der Waals surface area (Å²) in [5.41, 5.74) is 5.63. The van der Waals surface area contributed by atoms with E-state index in [0.29, 0.717) is 12.3 Å². The minimum Gasteiger partial charge on any atom is -0.368 e. The molecule has 2 unspecified atom stereocenters. The van der Waals surface area contributed by atoms with E-state index in [0.717, 1.165) is 32.2 Å². The molecule has 1 rings (SSSR count). The fourth-order valence-corrected chi connectivity index (χ4v) is 4.26. The molecule has 1 saturated heterocycles. The van der Waals surface area contributed by atoms with Crippen LogP contribution in [0.15, 0.2) is 0 Å². The van der Waals surface area contributed by atoms with Gasteiger partial charge in [-0.2, -0.15) is 0 Å². The number of likely N-dealkylation sites (tertiary alicyclic amines) is 1. The Morgan fingerprint density at radius 1 is 0.926 bits per heavy atom. The first-order chi connectivity index (χ1) is 13.1. The number of carbonyl (C=O) groups is 2. The molecule has 4 heteroatoms. The normalized spacial score (nSPS) is 18.2. The maximum Gasteiger partial charge on any atom is 0.240 e. The molecule has 2 N–H and O–H groups in total. The molecule has 0 bridgehead atoms. The van der Waals surface area contributed by atoms with E-state index >= 15 is 0 Å². The maximum atomic E-state index is 12.4. The van der Waals surface area contributed by atoms with Crippen molar-refractivity contribution in [1.29, 1.82) is 0 Å². The van der Waals surface area contributed by atoms with Crippen LogP contribution >= 0.6 is 0 Å². The summed E-state index contributed by atoms with van der Waals surface area (Å²) >= 11 is 0. The van der Waals surface area contributed by atoms with Crippen molar-refractivity contribution in [3.05, 3.63) is 0 Å². The van der Waals surface area contributed by atoms with Gasteiger partial charge in [-0.25, -0.2) is 0 Å². The Balaban J connectivity index is 2.20. The average Bonchev–Trinajstić information content (AvgIpc) is 3.00. The van der Waals surface area contributed by atoms with E-state index in [1.165, 1.54) is 70.6 Å². The summed E-state index contributed by atoms with van der Waals surface area (Å²) in [6.45, 7) is 5.18. The van der Waals surface area contributed by atoms with Crippen LogP contribution in [0.1, 0.15) is 117 Å². The largest absolute Gasteiger partial charge is 0.368 e. The minimum atomic E-state index is -0.386. The van der Waals surface area contributed by atoms with Crippen LogP contribution < -0.4 is 5.73 Å². The predicted octanol–water partition coefficient (Wildman–Crippen LogP) is 5.58. The molecule has 0 aliphatic carbocycles. The summed E-state index contributed by atoms with van der Waals surface area (Å²) in [6.07, 6.45) is 18.8. The number of unbranched alkanes of at least 4 members (excludes halogenated alkanes) is 11. The first kappa shape index (κ1) is 24.0. The molecule has 0 aromatic rings. The lowest BCUT2D eigenvalue weighted by molar-refractivity contribution is -0.136. The van der Waals surface area contributed by atoms with Crippen LogP contribution in [0.5, 0.6) is 0 Å². The van der Waals surface area contributed by atoms with Crippen LogP contribution in [-0.2, 0) is 9.59 Å². The average molecular weight is 381 g/mol. The van der Waals surface area contributed by atoms with Crippen molar-refractivity contribution in [1.82, 2.24) is 4.90 Å². The standard InChI is InChI=1S/C23H44N2O2/c1-3-5-7-8-9-10-11-12-13-15-17-21(23(24)27)25-19-20(18-22(25)26)16-14-6-4-2/h20-21H,3-19H2,1-2H3,(H2,24,27). The molecule has 1 aliphatic heterocycles. The van der Waals surface area contributed by atoms with Crippen molar-refractivity contribution in [2.75, 3.05) is 6.54 Å². The molecule has 1 aliphatic rings. The number of nitrogens with zero attached hydrogens (tertiary/aromatic N) is 1. The van der Waals surface area contributed by atoms with Gasteiger partial charge in [0.25, 0.3) is 0 Å². The van der Waals surface area contributed by atoms with Crippen LogP contribution in [0.2, 0.25) is 0 Å². The van der Waals surface area contributed by atoms with E-state index in [4.69, 9.17) is 5.73 Å². The van der Waals surface area contributed by atoms with Gasteiger partial charge in [-0.1, -0.05) is 97.3 Å². The second-order valence-corrected chi connectivity index (χ2v) is 8.50. The first-order valence-corrected chi connectivity index (χ1v) is 11.7. The zero-order valence-corrected chi connectivity index (χ0v) is 18.0. The Labute approximate surface area is 167 Å². The van der Waals surface area contributed by atoms with Gasteiger partial charge in [0.1, 0.15) is 6.04 Å². The number of primary amides is 1. The summed E-state index contributed by atoms with van der Waals surface area (Å²) in [5.74, 6) is 0.222. The zero-order chi connectivity index (χ0) is 19.9. The molecule has 0 aromatic carbocycles. The lowest BCUT2D eigenvalue weighted by atomic mass is 10.0. The number of hydrogen-bond donors (Lipinski definition) is 1. The highest BCUT2D eigenvalue weighted by Gasteiger charge is 2.36. The van der Waals surface area contributed by atoms with E-state index in [-0.39, 0.29) is 17.9 Å². The molecule has 4 nitrogen and oxygen atoms in total. The molecule has 1 heterocycles. The van der Waals surface area contributed by atoms with Gasteiger partial charge in [0.15, 0.2) is 0 Å². The maximum absolute atomic E-state index is 12.4. The van der Waals surface area contributed by atoms with Gasteiger partial charge in [0, 0.05) is 13.0 Å². The highest BCUT2D eigenvalue weighted by atomic mass is 16.2. The Morgan fingerprint density at radius 2 is 1.44 bits per heavy atom. The van der Waals surface area contributed by atoms with E-state index in [2.05, 4.69) is 13.8 Å². The van der Waals surface area contributed by atoms with Crippen LogP contribution in [-0.4, -0.2) is 29.3 Å². The van der Waals surface area contributed by atoms with Crippen molar-refractivity contribution >= 4 is 11.8 Å². The zero-order valence-electron chi connectivity index (χ0n) is 18.0. The molecular formula is C23H44N2O2. The molecule has 2 amide bonds. The lowest BCUT2D eigenvalue weighted by Crippen LogP contribution is -2.45.